The highest BCUT2D eigenvalue weighted by molar-refractivity contribution is 6.42. The number of hydrogen-bond donors (Lipinski definition) is 1. The minimum Gasteiger partial charge on any atom is -0.322 e. The molecule has 0 aromatic heterocycles. The monoisotopic (exact) mass is 410 g/mol. The van der Waals surface area contributed by atoms with Gasteiger partial charge in [0.1, 0.15) is 0 Å². The van der Waals surface area contributed by atoms with Crippen LogP contribution in [0.15, 0.2) is 66.7 Å². The fourth-order valence-electron chi connectivity index (χ4n) is 2.99. The highest BCUT2D eigenvalue weighted by Gasteiger charge is 2.36. The van der Waals surface area contributed by atoms with Crippen molar-refractivity contribution in [1.29, 1.82) is 0 Å². The van der Waals surface area contributed by atoms with Gasteiger partial charge in [-0.15, -0.1) is 0 Å². The van der Waals surface area contributed by atoms with E-state index < -0.39 is 17.7 Å². The largest absolute Gasteiger partial charge is 0.322 e. The molecule has 0 atom stereocenters. The van der Waals surface area contributed by atoms with Crippen molar-refractivity contribution in [1.82, 2.24) is 0 Å². The summed E-state index contributed by atoms with van der Waals surface area (Å²) in [6.45, 7) is 0. The predicted octanol–water partition coefficient (Wildman–Crippen LogP) is 5.05. The van der Waals surface area contributed by atoms with Gasteiger partial charge < -0.3 is 5.32 Å². The van der Waals surface area contributed by atoms with Gasteiger partial charge in [0.2, 0.25) is 0 Å². The van der Waals surface area contributed by atoms with Crippen LogP contribution < -0.4 is 10.2 Å². The summed E-state index contributed by atoms with van der Waals surface area (Å²) in [5.74, 6) is -1.18. The first-order valence-electron chi connectivity index (χ1n) is 8.30. The van der Waals surface area contributed by atoms with E-state index in [-0.39, 0.29) is 5.02 Å². The Balaban J connectivity index is 1.60. The van der Waals surface area contributed by atoms with Crippen molar-refractivity contribution in [3.8, 4) is 0 Å². The van der Waals surface area contributed by atoms with Gasteiger partial charge in [-0.1, -0.05) is 41.4 Å². The molecule has 1 heterocycles. The Morgan fingerprint density at radius 1 is 0.786 bits per heavy atom. The fraction of sp³-hybridized carbons (Fsp3) is 0. The van der Waals surface area contributed by atoms with Crippen LogP contribution in [0.3, 0.4) is 0 Å². The molecule has 0 radical (unpaired) electrons. The lowest BCUT2D eigenvalue weighted by molar-refractivity contribution is 0.0925. The molecule has 1 N–H and O–H groups in total. The highest BCUT2D eigenvalue weighted by Crippen LogP contribution is 2.30. The highest BCUT2D eigenvalue weighted by atomic mass is 35.5. The molecular weight excluding hydrogens is 399 g/mol. The third-order valence-electron chi connectivity index (χ3n) is 4.34. The summed E-state index contributed by atoms with van der Waals surface area (Å²) in [4.78, 5) is 38.8. The maximum absolute atomic E-state index is 12.6. The molecule has 1 aliphatic rings. The maximum atomic E-state index is 12.6. The second-order valence-corrected chi connectivity index (χ2v) is 6.94. The zero-order chi connectivity index (χ0) is 19.8. The first-order valence-corrected chi connectivity index (χ1v) is 9.05. The van der Waals surface area contributed by atoms with E-state index in [1.165, 1.54) is 12.1 Å². The number of nitrogens with one attached hydrogen (secondary N) is 1. The van der Waals surface area contributed by atoms with Crippen molar-refractivity contribution in [3.05, 3.63) is 93.5 Å². The molecule has 0 bridgehead atoms. The number of hydrogen-bond acceptors (Lipinski definition) is 3. The molecule has 3 amide bonds. The van der Waals surface area contributed by atoms with Gasteiger partial charge in [-0.2, -0.15) is 0 Å². The SMILES string of the molecule is O=C(Nc1cccc(N2C(=O)c3ccccc3C2=O)c1)c1ccc(Cl)c(Cl)c1. The zero-order valence-electron chi connectivity index (χ0n) is 14.3. The summed E-state index contributed by atoms with van der Waals surface area (Å²) in [5, 5.41) is 3.35. The third-order valence-corrected chi connectivity index (χ3v) is 5.08. The molecule has 5 nitrogen and oxygen atoms in total. The van der Waals surface area contributed by atoms with Gasteiger partial charge in [0, 0.05) is 11.3 Å². The zero-order valence-corrected chi connectivity index (χ0v) is 15.8. The smallest absolute Gasteiger partial charge is 0.266 e. The van der Waals surface area contributed by atoms with Crippen LogP contribution in [0.2, 0.25) is 10.0 Å². The second kappa shape index (κ2) is 7.11. The molecule has 0 saturated carbocycles. The van der Waals surface area contributed by atoms with Crippen LogP contribution in [-0.4, -0.2) is 17.7 Å². The number of nitrogens with zero attached hydrogens (tertiary/aromatic N) is 1. The molecule has 0 fully saturated rings. The van der Waals surface area contributed by atoms with Crippen LogP contribution in [0.25, 0.3) is 0 Å². The number of carbonyl (C=O) groups excluding carboxylic acids is 3. The molecule has 1 aliphatic heterocycles. The molecule has 138 valence electrons. The van der Waals surface area contributed by atoms with Gasteiger partial charge >= 0.3 is 0 Å². The summed E-state index contributed by atoms with van der Waals surface area (Å²) in [6.07, 6.45) is 0. The maximum Gasteiger partial charge on any atom is 0.266 e. The molecule has 28 heavy (non-hydrogen) atoms. The van der Waals surface area contributed by atoms with Gasteiger partial charge in [0.15, 0.2) is 0 Å². The number of fused-ring (bicyclic) bond motifs is 1. The van der Waals surface area contributed by atoms with Crippen molar-refractivity contribution in [2.45, 2.75) is 0 Å². The lowest BCUT2D eigenvalue weighted by atomic mass is 10.1. The standard InChI is InChI=1S/C21H12Cl2N2O3/c22-17-9-8-12(10-18(17)23)19(26)24-13-4-3-5-14(11-13)25-20(27)15-6-1-2-7-16(15)21(25)28/h1-11H,(H,24,26). The Morgan fingerprint density at radius 3 is 2.11 bits per heavy atom. The van der Waals surface area contributed by atoms with E-state index in [4.69, 9.17) is 23.2 Å². The third kappa shape index (κ3) is 3.15. The van der Waals surface area contributed by atoms with Gasteiger partial charge in [-0.3, -0.25) is 14.4 Å². The van der Waals surface area contributed by atoms with E-state index in [1.807, 2.05) is 0 Å². The van der Waals surface area contributed by atoms with Crippen LogP contribution in [-0.2, 0) is 0 Å². The summed E-state index contributed by atoms with van der Waals surface area (Å²) in [5.41, 5.74) is 1.86. The molecule has 0 spiro atoms. The van der Waals surface area contributed by atoms with E-state index in [2.05, 4.69) is 5.32 Å². The number of anilines is 2. The molecule has 0 aliphatic carbocycles. The van der Waals surface area contributed by atoms with Gasteiger partial charge in [0.25, 0.3) is 17.7 Å². The summed E-state index contributed by atoms with van der Waals surface area (Å²) < 4.78 is 0. The molecule has 0 unspecified atom stereocenters. The Bertz CT molecular complexity index is 1110. The number of amides is 3. The first kappa shape index (κ1) is 18.2. The van der Waals surface area contributed by atoms with E-state index in [1.54, 1.807) is 54.6 Å². The van der Waals surface area contributed by atoms with Crippen LogP contribution in [0.1, 0.15) is 31.1 Å². The van der Waals surface area contributed by atoms with E-state index >= 15 is 0 Å². The average Bonchev–Trinajstić information content (AvgIpc) is 2.95. The number of imide groups is 1. The van der Waals surface area contributed by atoms with Crippen molar-refractivity contribution in [2.24, 2.45) is 0 Å². The normalized spacial score (nSPS) is 12.9. The average molecular weight is 411 g/mol. The molecule has 7 heteroatoms. The molecule has 0 saturated heterocycles. The molecular formula is C21H12Cl2N2O3. The lowest BCUT2D eigenvalue weighted by Crippen LogP contribution is -2.29. The predicted molar refractivity (Wildman–Crippen MR) is 108 cm³/mol. The van der Waals surface area contributed by atoms with Crippen LogP contribution in [0, 0.1) is 0 Å². The van der Waals surface area contributed by atoms with Crippen molar-refractivity contribution >= 4 is 52.3 Å². The Labute approximate surface area is 170 Å². The van der Waals surface area contributed by atoms with E-state index in [0.717, 1.165) is 4.90 Å². The molecule has 4 rings (SSSR count). The molecule has 3 aromatic carbocycles. The van der Waals surface area contributed by atoms with Gasteiger partial charge in [-0.25, -0.2) is 4.90 Å². The number of benzene rings is 3. The fourth-order valence-corrected chi connectivity index (χ4v) is 3.29. The van der Waals surface area contributed by atoms with Crippen molar-refractivity contribution in [3.63, 3.8) is 0 Å². The van der Waals surface area contributed by atoms with Crippen LogP contribution in [0.5, 0.6) is 0 Å². The Morgan fingerprint density at radius 2 is 1.46 bits per heavy atom. The summed E-state index contributed by atoms with van der Waals surface area (Å²) >= 11 is 11.8. The van der Waals surface area contributed by atoms with Gasteiger partial charge in [-0.05, 0) is 48.5 Å². The number of halogens is 2. The quantitative estimate of drug-likeness (QED) is 0.614. The number of carbonyl (C=O) groups is 3. The topological polar surface area (TPSA) is 66.5 Å². The van der Waals surface area contributed by atoms with E-state index in [0.29, 0.717) is 33.1 Å². The first-order chi connectivity index (χ1) is 13.5. The summed E-state index contributed by atoms with van der Waals surface area (Å²) in [7, 11) is 0. The van der Waals surface area contributed by atoms with E-state index in [9.17, 15) is 14.4 Å². The molecule has 3 aromatic rings. The Kier molecular flexibility index (Phi) is 4.63. The lowest BCUT2D eigenvalue weighted by Gasteiger charge is -2.15. The van der Waals surface area contributed by atoms with Gasteiger partial charge in [0.05, 0.1) is 26.9 Å². The summed E-state index contributed by atoms with van der Waals surface area (Å²) in [6, 6.07) is 17.7. The second-order valence-electron chi connectivity index (χ2n) is 6.12. The number of rotatable bonds is 3. The van der Waals surface area contributed by atoms with Crippen LogP contribution in [0.4, 0.5) is 11.4 Å². The van der Waals surface area contributed by atoms with Crippen molar-refractivity contribution in [2.75, 3.05) is 10.2 Å². The Hall–Kier alpha value is -3.15. The van der Waals surface area contributed by atoms with Crippen molar-refractivity contribution < 1.29 is 14.4 Å². The minimum absolute atomic E-state index is 0.272. The minimum atomic E-state index is -0.395. The van der Waals surface area contributed by atoms with Crippen LogP contribution >= 0.6 is 23.2 Å².